The summed E-state index contributed by atoms with van der Waals surface area (Å²) < 4.78 is 51.5. The molecule has 0 saturated carbocycles. The van der Waals surface area contributed by atoms with Gasteiger partial charge in [-0.25, -0.2) is 0 Å². The Labute approximate surface area is 165 Å². The molecule has 0 fully saturated rings. The van der Waals surface area contributed by atoms with E-state index in [0.29, 0.717) is 6.42 Å². The first-order valence-corrected chi connectivity index (χ1v) is 12.7. The van der Waals surface area contributed by atoms with Crippen LogP contribution in [0.15, 0.2) is 0 Å². The molecule has 0 rings (SSSR count). The van der Waals surface area contributed by atoms with Gasteiger partial charge >= 0.3 is 15.2 Å². The summed E-state index contributed by atoms with van der Waals surface area (Å²) in [5, 5.41) is 0. The van der Waals surface area contributed by atoms with Gasteiger partial charge in [-0.05, 0) is 6.42 Å². The molecule has 7 heteroatoms. The molecule has 0 aromatic heterocycles. The lowest BCUT2D eigenvalue weighted by Gasteiger charge is -2.27. The van der Waals surface area contributed by atoms with Gasteiger partial charge in [0.2, 0.25) is 0 Å². The number of unbranched alkanes of at least 4 members (excludes halogenated alkanes) is 14. The normalized spacial score (nSPS) is 12.7. The Morgan fingerprint density at radius 2 is 0.926 bits per heavy atom. The zero-order valence-electron chi connectivity index (χ0n) is 17.7. The third-order valence-corrected chi connectivity index (χ3v) is 7.73. The van der Waals surface area contributed by atoms with Gasteiger partial charge in [0.25, 0.3) is 0 Å². The summed E-state index contributed by atoms with van der Waals surface area (Å²) in [5.74, 6) is 0. The van der Waals surface area contributed by atoms with Gasteiger partial charge in [0.05, 0.1) is 0 Å². The number of hydrogen-bond acceptors (Lipinski definition) is 3. The highest BCUT2D eigenvalue weighted by molar-refractivity contribution is 6.60. The average molecular weight is 415 g/mol. The first-order chi connectivity index (χ1) is 12.9. The van der Waals surface area contributed by atoms with Crippen molar-refractivity contribution in [2.24, 2.45) is 0 Å². The van der Waals surface area contributed by atoms with Crippen molar-refractivity contribution in [1.29, 1.82) is 0 Å². The standard InChI is InChI=1S/C20H41F3O3Si/c1-4-5-6-7-8-9-10-11-12-13-14-15-16-17-18-19-27(24-2,25-3)26-20(21,22)23/h4-19H2,1-3H3. The second-order valence-corrected chi connectivity index (χ2v) is 10.2. The van der Waals surface area contributed by atoms with Gasteiger partial charge < -0.3 is 8.85 Å². The maximum Gasteiger partial charge on any atom is 0.516 e. The second-order valence-electron chi connectivity index (χ2n) is 7.34. The molecule has 0 aliphatic carbocycles. The molecular formula is C20H41F3O3Si. The van der Waals surface area contributed by atoms with Crippen LogP contribution in [-0.2, 0) is 13.3 Å². The summed E-state index contributed by atoms with van der Waals surface area (Å²) >= 11 is 0. The monoisotopic (exact) mass is 414 g/mol. The second kappa shape index (κ2) is 16.8. The minimum Gasteiger partial charge on any atom is -0.377 e. The zero-order valence-corrected chi connectivity index (χ0v) is 18.7. The summed E-state index contributed by atoms with van der Waals surface area (Å²) in [6.45, 7) is 2.25. The van der Waals surface area contributed by atoms with Crippen LogP contribution in [0.3, 0.4) is 0 Å². The van der Waals surface area contributed by atoms with Crippen molar-refractivity contribution < 1.29 is 26.4 Å². The van der Waals surface area contributed by atoms with E-state index in [1.807, 2.05) is 0 Å². The summed E-state index contributed by atoms with van der Waals surface area (Å²) in [4.78, 5) is 0. The van der Waals surface area contributed by atoms with Crippen molar-refractivity contribution in [2.45, 2.75) is 116 Å². The maximum atomic E-state index is 12.5. The first-order valence-electron chi connectivity index (χ1n) is 10.8. The highest BCUT2D eigenvalue weighted by Gasteiger charge is 2.49. The van der Waals surface area contributed by atoms with Crippen LogP contribution in [0.2, 0.25) is 6.04 Å². The molecule has 0 saturated heterocycles. The smallest absolute Gasteiger partial charge is 0.377 e. The lowest BCUT2D eigenvalue weighted by Crippen LogP contribution is -2.47. The predicted octanol–water partition coefficient (Wildman–Crippen LogP) is 7.63. The van der Waals surface area contributed by atoms with Gasteiger partial charge in [-0.2, -0.15) is 0 Å². The zero-order chi connectivity index (χ0) is 20.4. The molecular weight excluding hydrogens is 373 g/mol. The first kappa shape index (κ1) is 26.9. The fraction of sp³-hybridized carbons (Fsp3) is 1.00. The highest BCUT2D eigenvalue weighted by atomic mass is 28.4. The van der Waals surface area contributed by atoms with Crippen molar-refractivity contribution in [1.82, 2.24) is 0 Å². The maximum absolute atomic E-state index is 12.5. The number of halogens is 3. The minimum atomic E-state index is -4.71. The van der Waals surface area contributed by atoms with E-state index in [1.165, 1.54) is 84.8 Å². The van der Waals surface area contributed by atoms with Gasteiger partial charge in [-0.3, -0.25) is 4.43 Å². The molecule has 3 nitrogen and oxygen atoms in total. The fourth-order valence-electron chi connectivity index (χ4n) is 3.31. The van der Waals surface area contributed by atoms with Gasteiger partial charge in [-0.1, -0.05) is 96.8 Å². The molecule has 0 spiro atoms. The van der Waals surface area contributed by atoms with E-state index in [9.17, 15) is 13.2 Å². The van der Waals surface area contributed by atoms with Crippen molar-refractivity contribution in [3.05, 3.63) is 0 Å². The summed E-state index contributed by atoms with van der Waals surface area (Å²) in [5.41, 5.74) is 0. The van der Waals surface area contributed by atoms with E-state index >= 15 is 0 Å². The van der Waals surface area contributed by atoms with Crippen LogP contribution in [0.1, 0.15) is 103 Å². The quantitative estimate of drug-likeness (QED) is 0.161. The number of alkyl halides is 3. The van der Waals surface area contributed by atoms with Crippen LogP contribution in [0.25, 0.3) is 0 Å². The molecule has 0 bridgehead atoms. The molecule has 27 heavy (non-hydrogen) atoms. The molecule has 0 aliphatic heterocycles. The lowest BCUT2D eigenvalue weighted by molar-refractivity contribution is -0.296. The third kappa shape index (κ3) is 16.5. The topological polar surface area (TPSA) is 27.7 Å². The van der Waals surface area contributed by atoms with Crippen LogP contribution in [0.4, 0.5) is 13.2 Å². The Hall–Kier alpha value is -0.113. The molecule has 0 aromatic carbocycles. The number of rotatable bonds is 19. The Bertz CT molecular complexity index is 324. The van der Waals surface area contributed by atoms with Crippen molar-refractivity contribution in [3.63, 3.8) is 0 Å². The minimum absolute atomic E-state index is 0.206. The van der Waals surface area contributed by atoms with E-state index in [1.54, 1.807) is 0 Å². The van der Waals surface area contributed by atoms with Crippen LogP contribution in [0.5, 0.6) is 0 Å². The van der Waals surface area contributed by atoms with Crippen LogP contribution < -0.4 is 0 Å². The predicted molar refractivity (Wildman–Crippen MR) is 107 cm³/mol. The fourth-order valence-corrected chi connectivity index (χ4v) is 5.19. The SMILES string of the molecule is CCCCCCCCCCCCCCCCC[Si](OC)(OC)OC(F)(F)F. The molecule has 0 heterocycles. The van der Waals surface area contributed by atoms with Gasteiger partial charge in [0.15, 0.2) is 0 Å². The van der Waals surface area contributed by atoms with Gasteiger partial charge in [-0.15, -0.1) is 13.2 Å². The van der Waals surface area contributed by atoms with E-state index in [-0.39, 0.29) is 6.04 Å². The van der Waals surface area contributed by atoms with E-state index in [0.717, 1.165) is 19.3 Å². The largest absolute Gasteiger partial charge is 0.516 e. The van der Waals surface area contributed by atoms with E-state index in [2.05, 4.69) is 11.3 Å². The molecule has 0 aliphatic rings. The Morgan fingerprint density at radius 3 is 1.22 bits per heavy atom. The summed E-state index contributed by atoms with van der Waals surface area (Å²) in [6, 6.07) is 0.206. The van der Waals surface area contributed by atoms with E-state index in [4.69, 9.17) is 8.85 Å². The summed E-state index contributed by atoms with van der Waals surface area (Å²) in [7, 11) is -1.15. The van der Waals surface area contributed by atoms with Crippen LogP contribution in [-0.4, -0.2) is 29.4 Å². The van der Waals surface area contributed by atoms with E-state index < -0.39 is 15.2 Å². The van der Waals surface area contributed by atoms with Crippen molar-refractivity contribution >= 4 is 8.80 Å². The molecule has 0 atom stereocenters. The molecule has 0 radical (unpaired) electrons. The molecule has 0 amide bonds. The van der Waals surface area contributed by atoms with Crippen LogP contribution >= 0.6 is 0 Å². The lowest BCUT2D eigenvalue weighted by atomic mass is 10.0. The Balaban J connectivity index is 3.50. The molecule has 0 aromatic rings. The molecule has 0 unspecified atom stereocenters. The Kier molecular flexibility index (Phi) is 16.7. The van der Waals surface area contributed by atoms with Crippen molar-refractivity contribution in [3.8, 4) is 0 Å². The summed E-state index contributed by atoms with van der Waals surface area (Å²) in [6.07, 6.45) is 13.7. The van der Waals surface area contributed by atoms with Crippen molar-refractivity contribution in [2.75, 3.05) is 14.2 Å². The van der Waals surface area contributed by atoms with Crippen LogP contribution in [0, 0.1) is 0 Å². The molecule has 164 valence electrons. The van der Waals surface area contributed by atoms with Gasteiger partial charge in [0, 0.05) is 20.3 Å². The Morgan fingerprint density at radius 1 is 0.593 bits per heavy atom. The molecule has 0 N–H and O–H groups in total. The van der Waals surface area contributed by atoms with Gasteiger partial charge in [0.1, 0.15) is 0 Å². The highest BCUT2D eigenvalue weighted by Crippen LogP contribution is 2.28. The number of hydrogen-bond donors (Lipinski definition) is 0. The average Bonchev–Trinajstić information content (AvgIpc) is 2.63. The third-order valence-electron chi connectivity index (χ3n) is 4.98.